The van der Waals surface area contributed by atoms with Crippen molar-refractivity contribution in [1.29, 1.82) is 0 Å². The molecule has 2 amide bonds. The first-order valence-electron chi connectivity index (χ1n) is 8.94. The second kappa shape index (κ2) is 6.50. The zero-order valence-electron chi connectivity index (χ0n) is 15.5. The van der Waals surface area contributed by atoms with E-state index in [1.54, 1.807) is 22.9 Å². The first-order valence-corrected chi connectivity index (χ1v) is 8.94. The van der Waals surface area contributed by atoms with Gasteiger partial charge in [0.2, 0.25) is 0 Å². The van der Waals surface area contributed by atoms with Gasteiger partial charge in [0, 0.05) is 35.9 Å². The third kappa shape index (κ3) is 3.40. The summed E-state index contributed by atoms with van der Waals surface area (Å²) in [6.45, 7) is 3.78. The predicted molar refractivity (Wildman–Crippen MR) is 103 cm³/mol. The van der Waals surface area contributed by atoms with Crippen LogP contribution in [0.2, 0.25) is 0 Å². The summed E-state index contributed by atoms with van der Waals surface area (Å²) in [6, 6.07) is 7.40. The minimum Gasteiger partial charge on any atom is -0.349 e. The molecule has 0 spiro atoms. The van der Waals surface area contributed by atoms with Gasteiger partial charge in [-0.1, -0.05) is 6.07 Å². The molecule has 2 heterocycles. The van der Waals surface area contributed by atoms with Gasteiger partial charge in [0.25, 0.3) is 11.8 Å². The van der Waals surface area contributed by atoms with Crippen molar-refractivity contribution >= 4 is 28.5 Å². The summed E-state index contributed by atoms with van der Waals surface area (Å²) < 4.78 is 1.69. The van der Waals surface area contributed by atoms with Crippen LogP contribution in [0.25, 0.3) is 11.0 Å². The number of anilines is 1. The molecule has 0 unspecified atom stereocenters. The standard InChI is InChI=1S/C20H21N5O2/c1-11-4-5-13(19(26)22-15-6-7-15)9-17(11)23-20(27)14-8-16-12(2)24-25(3)18(16)21-10-14/h4-5,8-10,15H,6-7H2,1-3H3,(H,22,26)(H,23,27). The lowest BCUT2D eigenvalue weighted by Crippen LogP contribution is -2.25. The Morgan fingerprint density at radius 1 is 1.11 bits per heavy atom. The number of carbonyl (C=O) groups is 2. The van der Waals surface area contributed by atoms with Gasteiger partial charge < -0.3 is 10.6 Å². The lowest BCUT2D eigenvalue weighted by atomic mass is 10.1. The van der Waals surface area contributed by atoms with E-state index in [0.29, 0.717) is 16.8 Å². The van der Waals surface area contributed by atoms with Crippen molar-refractivity contribution in [2.24, 2.45) is 7.05 Å². The highest BCUT2D eigenvalue weighted by atomic mass is 16.2. The molecule has 0 radical (unpaired) electrons. The molecule has 0 bridgehead atoms. The molecule has 0 saturated heterocycles. The number of nitrogens with one attached hydrogen (secondary N) is 2. The molecule has 1 aromatic carbocycles. The molecule has 3 aromatic rings. The smallest absolute Gasteiger partial charge is 0.257 e. The molecule has 7 nitrogen and oxygen atoms in total. The van der Waals surface area contributed by atoms with Crippen LogP contribution in [0.15, 0.2) is 30.5 Å². The highest BCUT2D eigenvalue weighted by Crippen LogP contribution is 2.22. The summed E-state index contributed by atoms with van der Waals surface area (Å²) in [7, 11) is 1.82. The molecular weight excluding hydrogens is 342 g/mol. The number of fused-ring (bicyclic) bond motifs is 1. The number of aromatic nitrogens is 3. The van der Waals surface area contributed by atoms with Gasteiger partial charge >= 0.3 is 0 Å². The number of benzene rings is 1. The summed E-state index contributed by atoms with van der Waals surface area (Å²) in [5, 5.41) is 11.0. The number of pyridine rings is 1. The maximum Gasteiger partial charge on any atom is 0.257 e. The second-order valence-corrected chi connectivity index (χ2v) is 7.04. The number of aryl methyl sites for hydroxylation is 3. The van der Waals surface area contributed by atoms with Gasteiger partial charge in [0.1, 0.15) is 0 Å². The van der Waals surface area contributed by atoms with Gasteiger partial charge in [0.15, 0.2) is 5.65 Å². The Hall–Kier alpha value is -3.22. The van der Waals surface area contributed by atoms with E-state index in [1.165, 1.54) is 6.20 Å². The van der Waals surface area contributed by atoms with E-state index in [-0.39, 0.29) is 17.9 Å². The van der Waals surface area contributed by atoms with E-state index in [2.05, 4.69) is 20.7 Å². The number of carbonyl (C=O) groups excluding carboxylic acids is 2. The fourth-order valence-electron chi connectivity index (χ4n) is 3.02. The molecule has 1 saturated carbocycles. The Bertz CT molecular complexity index is 1070. The SMILES string of the molecule is Cc1ccc(C(=O)NC2CC2)cc1NC(=O)c1cnc2c(c1)c(C)nn2C. The minimum atomic E-state index is -0.268. The largest absolute Gasteiger partial charge is 0.349 e. The summed E-state index contributed by atoms with van der Waals surface area (Å²) >= 11 is 0. The van der Waals surface area contributed by atoms with E-state index in [1.807, 2.05) is 27.0 Å². The van der Waals surface area contributed by atoms with Crippen LogP contribution < -0.4 is 10.6 Å². The van der Waals surface area contributed by atoms with Crippen LogP contribution in [-0.4, -0.2) is 32.6 Å². The van der Waals surface area contributed by atoms with Crippen molar-refractivity contribution in [2.75, 3.05) is 5.32 Å². The van der Waals surface area contributed by atoms with Crippen LogP contribution in [-0.2, 0) is 7.05 Å². The molecule has 0 atom stereocenters. The predicted octanol–water partition coefficient (Wildman–Crippen LogP) is 2.73. The topological polar surface area (TPSA) is 88.9 Å². The highest BCUT2D eigenvalue weighted by molar-refractivity contribution is 6.07. The highest BCUT2D eigenvalue weighted by Gasteiger charge is 2.24. The average Bonchev–Trinajstić information content (AvgIpc) is 3.41. The van der Waals surface area contributed by atoms with Crippen LogP contribution in [0.4, 0.5) is 5.69 Å². The van der Waals surface area contributed by atoms with Crippen LogP contribution in [0.3, 0.4) is 0 Å². The molecule has 1 fully saturated rings. The Morgan fingerprint density at radius 2 is 1.89 bits per heavy atom. The Labute approximate surface area is 156 Å². The monoisotopic (exact) mass is 363 g/mol. The average molecular weight is 363 g/mol. The molecule has 1 aliphatic carbocycles. The quantitative estimate of drug-likeness (QED) is 0.746. The molecule has 2 N–H and O–H groups in total. The molecule has 4 rings (SSSR count). The van der Waals surface area contributed by atoms with Crippen LogP contribution >= 0.6 is 0 Å². The van der Waals surface area contributed by atoms with Crippen molar-refractivity contribution in [2.45, 2.75) is 32.7 Å². The third-order valence-corrected chi connectivity index (χ3v) is 4.79. The molecular formula is C20H21N5O2. The number of hydrogen-bond donors (Lipinski definition) is 2. The van der Waals surface area contributed by atoms with Gasteiger partial charge in [-0.2, -0.15) is 5.10 Å². The maximum atomic E-state index is 12.7. The first-order chi connectivity index (χ1) is 12.9. The third-order valence-electron chi connectivity index (χ3n) is 4.79. The molecule has 0 aliphatic heterocycles. The number of amides is 2. The van der Waals surface area contributed by atoms with Gasteiger partial charge in [-0.05, 0) is 50.5 Å². The Balaban J connectivity index is 1.58. The van der Waals surface area contributed by atoms with Crippen molar-refractivity contribution in [3.05, 3.63) is 52.8 Å². The second-order valence-electron chi connectivity index (χ2n) is 7.04. The van der Waals surface area contributed by atoms with E-state index < -0.39 is 0 Å². The summed E-state index contributed by atoms with van der Waals surface area (Å²) in [4.78, 5) is 29.3. The number of nitrogens with zero attached hydrogens (tertiary/aromatic N) is 3. The zero-order valence-corrected chi connectivity index (χ0v) is 15.5. The summed E-state index contributed by atoms with van der Waals surface area (Å²) in [6.07, 6.45) is 3.60. The van der Waals surface area contributed by atoms with E-state index in [0.717, 1.165) is 35.1 Å². The van der Waals surface area contributed by atoms with Gasteiger partial charge in [-0.25, -0.2) is 4.98 Å². The van der Waals surface area contributed by atoms with Crippen molar-refractivity contribution in [1.82, 2.24) is 20.1 Å². The fourth-order valence-corrected chi connectivity index (χ4v) is 3.02. The van der Waals surface area contributed by atoms with E-state index >= 15 is 0 Å². The molecule has 2 aromatic heterocycles. The number of hydrogen-bond acceptors (Lipinski definition) is 4. The summed E-state index contributed by atoms with van der Waals surface area (Å²) in [5.41, 5.74) is 4.05. The van der Waals surface area contributed by atoms with Gasteiger partial charge in [0.05, 0.1) is 11.3 Å². The molecule has 27 heavy (non-hydrogen) atoms. The van der Waals surface area contributed by atoms with E-state index in [4.69, 9.17) is 0 Å². The summed E-state index contributed by atoms with van der Waals surface area (Å²) in [5.74, 6) is -0.377. The van der Waals surface area contributed by atoms with Gasteiger partial charge in [-0.3, -0.25) is 14.3 Å². The van der Waals surface area contributed by atoms with E-state index in [9.17, 15) is 9.59 Å². The minimum absolute atomic E-state index is 0.109. The van der Waals surface area contributed by atoms with Gasteiger partial charge in [-0.15, -0.1) is 0 Å². The van der Waals surface area contributed by atoms with Crippen LogP contribution in [0.1, 0.15) is 44.8 Å². The Morgan fingerprint density at radius 3 is 2.63 bits per heavy atom. The normalized spacial score (nSPS) is 13.6. The van der Waals surface area contributed by atoms with Crippen molar-refractivity contribution in [3.63, 3.8) is 0 Å². The molecule has 7 heteroatoms. The lowest BCUT2D eigenvalue weighted by Gasteiger charge is -2.11. The zero-order chi connectivity index (χ0) is 19.1. The fraction of sp³-hybridized carbons (Fsp3) is 0.300. The van der Waals surface area contributed by atoms with Crippen LogP contribution in [0, 0.1) is 13.8 Å². The van der Waals surface area contributed by atoms with Crippen molar-refractivity contribution < 1.29 is 9.59 Å². The Kier molecular flexibility index (Phi) is 4.14. The molecule has 1 aliphatic rings. The number of rotatable bonds is 4. The lowest BCUT2D eigenvalue weighted by molar-refractivity contribution is 0.0949. The maximum absolute atomic E-state index is 12.7. The van der Waals surface area contributed by atoms with Crippen LogP contribution in [0.5, 0.6) is 0 Å². The van der Waals surface area contributed by atoms with Crippen molar-refractivity contribution in [3.8, 4) is 0 Å². The molecule has 138 valence electrons. The first kappa shape index (κ1) is 17.2.